The predicted molar refractivity (Wildman–Crippen MR) is 91.0 cm³/mol. The molecule has 128 valence electrons. The van der Waals surface area contributed by atoms with Crippen molar-refractivity contribution >= 4 is 5.91 Å². The van der Waals surface area contributed by atoms with Crippen molar-refractivity contribution in [2.75, 3.05) is 19.6 Å². The third-order valence-electron chi connectivity index (χ3n) is 5.73. The lowest BCUT2D eigenvalue weighted by Crippen LogP contribution is -2.44. The highest BCUT2D eigenvalue weighted by Crippen LogP contribution is 2.39. The van der Waals surface area contributed by atoms with E-state index in [0.29, 0.717) is 24.9 Å². The van der Waals surface area contributed by atoms with Gasteiger partial charge in [0, 0.05) is 25.7 Å². The molecule has 1 unspecified atom stereocenters. The number of nitrogens with zero attached hydrogens (tertiary/aromatic N) is 3. The molecule has 5 heteroatoms. The normalized spacial score (nSPS) is 24.6. The molecule has 1 saturated heterocycles. The number of carbonyl (C=O) groups excluding carboxylic acids is 1. The smallest absolute Gasteiger partial charge is 0.223 e. The first-order valence-electron chi connectivity index (χ1n) is 9.10. The van der Waals surface area contributed by atoms with Crippen LogP contribution in [0.3, 0.4) is 0 Å². The van der Waals surface area contributed by atoms with Crippen LogP contribution in [0, 0.1) is 12.3 Å². The van der Waals surface area contributed by atoms with E-state index in [0.717, 1.165) is 38.8 Å². The molecule has 1 amide bonds. The van der Waals surface area contributed by atoms with Crippen LogP contribution in [0.2, 0.25) is 0 Å². The summed E-state index contributed by atoms with van der Waals surface area (Å²) in [6.07, 6.45) is 12.7. The number of amides is 1. The molecule has 1 aliphatic carbocycles. The molecule has 1 atom stereocenters. The summed E-state index contributed by atoms with van der Waals surface area (Å²) in [5.41, 5.74) is 7.29. The Hall–Kier alpha value is -1.36. The second kappa shape index (κ2) is 7.04. The third-order valence-corrected chi connectivity index (χ3v) is 5.73. The zero-order valence-electron chi connectivity index (χ0n) is 14.3. The maximum absolute atomic E-state index is 12.9. The lowest BCUT2D eigenvalue weighted by molar-refractivity contribution is -0.136. The number of hydrogen-bond acceptors (Lipinski definition) is 3. The monoisotopic (exact) mass is 318 g/mol. The zero-order chi connectivity index (χ0) is 16.3. The lowest BCUT2D eigenvalue weighted by Gasteiger charge is -2.39. The van der Waals surface area contributed by atoms with E-state index in [1.54, 1.807) is 0 Å². The first-order valence-corrected chi connectivity index (χ1v) is 9.10. The summed E-state index contributed by atoms with van der Waals surface area (Å²) in [7, 11) is 0. The van der Waals surface area contributed by atoms with Crippen molar-refractivity contribution in [1.82, 2.24) is 14.7 Å². The second-order valence-electron chi connectivity index (χ2n) is 7.58. The Labute approximate surface area is 139 Å². The molecule has 5 nitrogen and oxygen atoms in total. The number of likely N-dealkylation sites (tertiary alicyclic amines) is 1. The van der Waals surface area contributed by atoms with Gasteiger partial charge in [-0.25, -0.2) is 0 Å². The van der Waals surface area contributed by atoms with Gasteiger partial charge in [-0.05, 0) is 50.1 Å². The van der Waals surface area contributed by atoms with E-state index in [2.05, 4.69) is 23.1 Å². The first kappa shape index (κ1) is 16.5. The van der Waals surface area contributed by atoms with E-state index in [1.165, 1.54) is 24.8 Å². The fourth-order valence-corrected chi connectivity index (χ4v) is 4.22. The molecule has 3 rings (SSSR count). The van der Waals surface area contributed by atoms with Gasteiger partial charge in [0.1, 0.15) is 0 Å². The molecule has 0 spiro atoms. The van der Waals surface area contributed by atoms with Crippen LogP contribution in [0.4, 0.5) is 0 Å². The van der Waals surface area contributed by atoms with E-state index in [-0.39, 0.29) is 5.41 Å². The molecule has 1 aromatic rings. The topological polar surface area (TPSA) is 64.2 Å². The quantitative estimate of drug-likeness (QED) is 0.928. The summed E-state index contributed by atoms with van der Waals surface area (Å²) >= 11 is 0. The van der Waals surface area contributed by atoms with Crippen LogP contribution in [0.5, 0.6) is 0 Å². The minimum Gasteiger partial charge on any atom is -0.341 e. The predicted octanol–water partition coefficient (Wildman–Crippen LogP) is 2.65. The zero-order valence-corrected chi connectivity index (χ0v) is 14.3. The van der Waals surface area contributed by atoms with Crippen molar-refractivity contribution < 1.29 is 4.79 Å². The van der Waals surface area contributed by atoms with Crippen LogP contribution >= 0.6 is 0 Å². The van der Waals surface area contributed by atoms with Crippen molar-refractivity contribution in [3.8, 4) is 0 Å². The largest absolute Gasteiger partial charge is 0.341 e. The number of nitrogens with two attached hydrogens (primary N) is 1. The average Bonchev–Trinajstić information content (AvgIpc) is 3.02. The molecule has 0 aromatic carbocycles. The van der Waals surface area contributed by atoms with Gasteiger partial charge in [0.15, 0.2) is 0 Å². The van der Waals surface area contributed by atoms with Gasteiger partial charge in [-0.1, -0.05) is 19.3 Å². The summed E-state index contributed by atoms with van der Waals surface area (Å²) in [4.78, 5) is 14.9. The van der Waals surface area contributed by atoms with Gasteiger partial charge < -0.3 is 10.6 Å². The number of aromatic nitrogens is 2. The van der Waals surface area contributed by atoms with Crippen LogP contribution in [-0.4, -0.2) is 40.2 Å². The number of aryl methyl sites for hydroxylation is 1. The number of hydrogen-bond donors (Lipinski definition) is 1. The van der Waals surface area contributed by atoms with Gasteiger partial charge in [0.05, 0.1) is 12.2 Å². The van der Waals surface area contributed by atoms with Crippen LogP contribution < -0.4 is 5.73 Å². The highest BCUT2D eigenvalue weighted by Gasteiger charge is 2.35. The maximum Gasteiger partial charge on any atom is 0.223 e. The third kappa shape index (κ3) is 3.77. The summed E-state index contributed by atoms with van der Waals surface area (Å²) in [5, 5.41) is 4.44. The molecule has 2 heterocycles. The molecule has 0 bridgehead atoms. The van der Waals surface area contributed by atoms with E-state index in [4.69, 9.17) is 5.73 Å². The van der Waals surface area contributed by atoms with Crippen LogP contribution in [0.15, 0.2) is 12.4 Å². The van der Waals surface area contributed by atoms with Gasteiger partial charge in [0.25, 0.3) is 0 Å². The van der Waals surface area contributed by atoms with E-state index < -0.39 is 0 Å². The fourth-order valence-electron chi connectivity index (χ4n) is 4.22. The minimum atomic E-state index is 0.0601. The Morgan fingerprint density at radius 3 is 2.78 bits per heavy atom. The lowest BCUT2D eigenvalue weighted by atomic mass is 9.71. The van der Waals surface area contributed by atoms with E-state index >= 15 is 0 Å². The first-order chi connectivity index (χ1) is 11.1. The molecule has 1 saturated carbocycles. The summed E-state index contributed by atoms with van der Waals surface area (Å²) in [5.74, 6) is 0.297. The molecule has 2 N–H and O–H groups in total. The Balaban J connectivity index is 1.62. The molecule has 2 aliphatic rings. The van der Waals surface area contributed by atoms with Crippen LogP contribution in [0.25, 0.3) is 0 Å². The van der Waals surface area contributed by atoms with Gasteiger partial charge >= 0.3 is 0 Å². The van der Waals surface area contributed by atoms with Crippen molar-refractivity contribution in [3.63, 3.8) is 0 Å². The molecule has 23 heavy (non-hydrogen) atoms. The van der Waals surface area contributed by atoms with Crippen molar-refractivity contribution in [1.29, 1.82) is 0 Å². The van der Waals surface area contributed by atoms with Crippen molar-refractivity contribution in [2.45, 2.75) is 64.3 Å². The maximum atomic E-state index is 12.9. The fraction of sp³-hybridized carbons (Fsp3) is 0.778. The van der Waals surface area contributed by atoms with Gasteiger partial charge in [-0.2, -0.15) is 5.10 Å². The Morgan fingerprint density at radius 1 is 1.35 bits per heavy atom. The van der Waals surface area contributed by atoms with Gasteiger partial charge in [-0.15, -0.1) is 0 Å². The standard InChI is InChI=1S/C18H30N4O/c1-15-11-20-22(12-15)16-6-5-9-21(13-16)17(23)10-18(14-19)7-3-2-4-8-18/h11-12,16H,2-10,13-14,19H2,1H3. The minimum absolute atomic E-state index is 0.0601. The molecular weight excluding hydrogens is 288 g/mol. The molecular formula is C18H30N4O. The Bertz CT molecular complexity index is 533. The number of rotatable bonds is 4. The Kier molecular flexibility index (Phi) is 5.05. The molecule has 0 radical (unpaired) electrons. The average molecular weight is 318 g/mol. The summed E-state index contributed by atoms with van der Waals surface area (Å²) < 4.78 is 2.04. The second-order valence-corrected chi connectivity index (χ2v) is 7.58. The molecule has 1 aromatic heterocycles. The van der Waals surface area contributed by atoms with E-state index in [9.17, 15) is 4.79 Å². The van der Waals surface area contributed by atoms with Crippen LogP contribution in [-0.2, 0) is 4.79 Å². The highest BCUT2D eigenvalue weighted by atomic mass is 16.2. The Morgan fingerprint density at radius 2 is 2.13 bits per heavy atom. The highest BCUT2D eigenvalue weighted by molar-refractivity contribution is 5.77. The summed E-state index contributed by atoms with van der Waals surface area (Å²) in [6, 6.07) is 0.321. The molecule has 2 fully saturated rings. The number of piperidine rings is 1. The molecule has 1 aliphatic heterocycles. The van der Waals surface area contributed by atoms with Crippen molar-refractivity contribution in [3.05, 3.63) is 18.0 Å². The SMILES string of the molecule is Cc1cnn(C2CCCN(C(=O)CC3(CN)CCCCC3)C2)c1. The van der Waals surface area contributed by atoms with E-state index in [1.807, 2.05) is 10.9 Å². The number of carbonyl (C=O) groups is 1. The van der Waals surface area contributed by atoms with Crippen LogP contribution in [0.1, 0.15) is 63.0 Å². The van der Waals surface area contributed by atoms with Gasteiger partial charge in [0.2, 0.25) is 5.91 Å². The van der Waals surface area contributed by atoms with Gasteiger partial charge in [-0.3, -0.25) is 9.48 Å². The summed E-state index contributed by atoms with van der Waals surface area (Å²) in [6.45, 7) is 4.38. The van der Waals surface area contributed by atoms with Crippen molar-refractivity contribution in [2.24, 2.45) is 11.1 Å².